The molecule has 0 unspecified atom stereocenters. The lowest BCUT2D eigenvalue weighted by Gasteiger charge is -2.21. The molecule has 0 saturated carbocycles. The van der Waals surface area contributed by atoms with Gasteiger partial charge in [-0.3, -0.25) is 0 Å². The van der Waals surface area contributed by atoms with Crippen LogP contribution in [0.4, 0.5) is 4.79 Å². The van der Waals surface area contributed by atoms with Crippen LogP contribution in [-0.4, -0.2) is 59.8 Å². The van der Waals surface area contributed by atoms with Crippen molar-refractivity contribution < 1.29 is 4.79 Å². The Bertz CT molecular complexity index is 738. The first kappa shape index (κ1) is 20.0. The molecule has 1 aromatic heterocycles. The average Bonchev–Trinajstić information content (AvgIpc) is 2.90. The lowest BCUT2D eigenvalue weighted by Crippen LogP contribution is -2.40. The molecule has 142 valence electrons. The first-order valence-electron chi connectivity index (χ1n) is 9.02. The zero-order chi connectivity index (χ0) is 19.3. The summed E-state index contributed by atoms with van der Waals surface area (Å²) in [4.78, 5) is 16.2. The number of nitrogens with zero attached hydrogens (tertiary/aromatic N) is 4. The van der Waals surface area contributed by atoms with Crippen molar-refractivity contribution in [3.8, 4) is 5.69 Å². The third-order valence-electron chi connectivity index (χ3n) is 4.21. The number of rotatable bonds is 7. The first-order chi connectivity index (χ1) is 12.3. The van der Waals surface area contributed by atoms with E-state index in [1.807, 2.05) is 57.9 Å². The number of urea groups is 1. The standard InChI is InChI=1S/C20H31N5O/c1-15(13-23(4)5)12-21-20(26)24(6)14-18-8-7-9-19(11-18)25-17(3)10-16(2)22-25/h7-11,15H,12-14H2,1-6H3,(H,21,26)/t15-/m0/s1. The lowest BCUT2D eigenvalue weighted by molar-refractivity contribution is 0.203. The summed E-state index contributed by atoms with van der Waals surface area (Å²) in [5.41, 5.74) is 4.19. The molecule has 26 heavy (non-hydrogen) atoms. The van der Waals surface area contributed by atoms with Crippen LogP contribution in [0.1, 0.15) is 23.9 Å². The molecule has 1 aromatic carbocycles. The maximum Gasteiger partial charge on any atom is 0.317 e. The van der Waals surface area contributed by atoms with Gasteiger partial charge in [0.1, 0.15) is 0 Å². The maximum absolute atomic E-state index is 12.3. The molecule has 0 aliphatic heterocycles. The minimum atomic E-state index is -0.0490. The number of benzene rings is 1. The van der Waals surface area contributed by atoms with Gasteiger partial charge in [0.15, 0.2) is 0 Å². The maximum atomic E-state index is 12.3. The fourth-order valence-corrected chi connectivity index (χ4v) is 3.11. The van der Waals surface area contributed by atoms with Crippen molar-refractivity contribution in [2.75, 3.05) is 34.2 Å². The van der Waals surface area contributed by atoms with Crippen LogP contribution >= 0.6 is 0 Å². The van der Waals surface area contributed by atoms with Crippen molar-refractivity contribution in [2.24, 2.45) is 5.92 Å². The quantitative estimate of drug-likeness (QED) is 0.829. The molecule has 0 aliphatic rings. The Morgan fingerprint density at radius 3 is 2.58 bits per heavy atom. The Balaban J connectivity index is 1.96. The smallest absolute Gasteiger partial charge is 0.317 e. The molecule has 6 heteroatoms. The predicted molar refractivity (Wildman–Crippen MR) is 106 cm³/mol. The minimum absolute atomic E-state index is 0.0490. The summed E-state index contributed by atoms with van der Waals surface area (Å²) in [6, 6.07) is 10.2. The van der Waals surface area contributed by atoms with Crippen molar-refractivity contribution in [1.82, 2.24) is 24.9 Å². The van der Waals surface area contributed by atoms with Crippen LogP contribution in [-0.2, 0) is 6.54 Å². The Kier molecular flexibility index (Phi) is 6.80. The Labute approximate surface area is 156 Å². The van der Waals surface area contributed by atoms with E-state index in [4.69, 9.17) is 0 Å². The van der Waals surface area contributed by atoms with Crippen molar-refractivity contribution in [1.29, 1.82) is 0 Å². The van der Waals surface area contributed by atoms with Crippen molar-refractivity contribution in [2.45, 2.75) is 27.3 Å². The van der Waals surface area contributed by atoms with Gasteiger partial charge in [0.2, 0.25) is 0 Å². The van der Waals surface area contributed by atoms with Gasteiger partial charge in [-0.1, -0.05) is 19.1 Å². The van der Waals surface area contributed by atoms with Crippen LogP contribution in [0, 0.1) is 19.8 Å². The second kappa shape index (κ2) is 8.85. The third-order valence-corrected chi connectivity index (χ3v) is 4.21. The molecule has 0 aliphatic carbocycles. The van der Waals surface area contributed by atoms with Crippen LogP contribution in [0.5, 0.6) is 0 Å². The average molecular weight is 358 g/mol. The number of amides is 2. The van der Waals surface area contributed by atoms with Gasteiger partial charge < -0.3 is 15.1 Å². The Morgan fingerprint density at radius 1 is 1.23 bits per heavy atom. The summed E-state index contributed by atoms with van der Waals surface area (Å²) < 4.78 is 1.93. The van der Waals surface area contributed by atoms with E-state index in [1.165, 1.54) is 0 Å². The summed E-state index contributed by atoms with van der Waals surface area (Å²) in [7, 11) is 5.91. The van der Waals surface area contributed by atoms with E-state index in [9.17, 15) is 4.79 Å². The highest BCUT2D eigenvalue weighted by atomic mass is 16.2. The van der Waals surface area contributed by atoms with E-state index in [2.05, 4.69) is 34.4 Å². The highest BCUT2D eigenvalue weighted by Gasteiger charge is 2.12. The summed E-state index contributed by atoms with van der Waals surface area (Å²) in [6.45, 7) is 8.35. The van der Waals surface area contributed by atoms with Crippen LogP contribution in [0.15, 0.2) is 30.3 Å². The molecular weight excluding hydrogens is 326 g/mol. The molecule has 6 nitrogen and oxygen atoms in total. The van der Waals surface area contributed by atoms with Gasteiger partial charge in [0.25, 0.3) is 0 Å². The third kappa shape index (κ3) is 5.59. The van der Waals surface area contributed by atoms with E-state index in [-0.39, 0.29) is 6.03 Å². The fourth-order valence-electron chi connectivity index (χ4n) is 3.11. The predicted octanol–water partition coefficient (Wildman–Crippen LogP) is 2.83. The molecular formula is C20H31N5O. The molecule has 1 N–H and O–H groups in total. The van der Waals surface area contributed by atoms with Gasteiger partial charge >= 0.3 is 6.03 Å². The summed E-state index contributed by atoms with van der Waals surface area (Å²) >= 11 is 0. The van der Waals surface area contributed by atoms with Crippen LogP contribution in [0.2, 0.25) is 0 Å². The van der Waals surface area contributed by atoms with E-state index >= 15 is 0 Å². The van der Waals surface area contributed by atoms with Gasteiger partial charge in [-0.05, 0) is 57.6 Å². The number of hydrogen-bond donors (Lipinski definition) is 1. The van der Waals surface area contributed by atoms with Crippen molar-refractivity contribution >= 4 is 6.03 Å². The molecule has 1 heterocycles. The van der Waals surface area contributed by atoms with Crippen LogP contribution < -0.4 is 5.32 Å². The van der Waals surface area contributed by atoms with Crippen molar-refractivity contribution in [3.05, 3.63) is 47.3 Å². The second-order valence-corrected chi connectivity index (χ2v) is 7.42. The summed E-state index contributed by atoms with van der Waals surface area (Å²) in [5.74, 6) is 0.414. The second-order valence-electron chi connectivity index (χ2n) is 7.42. The molecule has 2 aromatic rings. The largest absolute Gasteiger partial charge is 0.338 e. The van der Waals surface area contributed by atoms with Gasteiger partial charge in [-0.15, -0.1) is 0 Å². The van der Waals surface area contributed by atoms with Crippen LogP contribution in [0.25, 0.3) is 5.69 Å². The van der Waals surface area contributed by atoms with Gasteiger partial charge in [-0.2, -0.15) is 5.10 Å². The highest BCUT2D eigenvalue weighted by Crippen LogP contribution is 2.15. The highest BCUT2D eigenvalue weighted by molar-refractivity contribution is 5.73. The summed E-state index contributed by atoms with van der Waals surface area (Å²) in [5, 5.41) is 7.54. The molecule has 0 spiro atoms. The number of hydrogen-bond acceptors (Lipinski definition) is 3. The molecule has 0 saturated heterocycles. The molecule has 2 rings (SSSR count). The minimum Gasteiger partial charge on any atom is -0.338 e. The van der Waals surface area contributed by atoms with E-state index < -0.39 is 0 Å². The van der Waals surface area contributed by atoms with Gasteiger partial charge in [-0.25, -0.2) is 9.48 Å². The van der Waals surface area contributed by atoms with Gasteiger partial charge in [0.05, 0.1) is 11.4 Å². The molecule has 2 amide bonds. The zero-order valence-electron chi connectivity index (χ0n) is 16.8. The normalized spacial score (nSPS) is 12.3. The zero-order valence-corrected chi connectivity index (χ0v) is 16.8. The van der Waals surface area contributed by atoms with Gasteiger partial charge in [0, 0.05) is 32.4 Å². The topological polar surface area (TPSA) is 53.4 Å². The number of aromatic nitrogens is 2. The summed E-state index contributed by atoms with van der Waals surface area (Å²) in [6.07, 6.45) is 0. The number of carbonyl (C=O) groups is 1. The van der Waals surface area contributed by atoms with Crippen molar-refractivity contribution in [3.63, 3.8) is 0 Å². The Morgan fingerprint density at radius 2 is 1.96 bits per heavy atom. The van der Waals surface area contributed by atoms with E-state index in [0.717, 1.165) is 29.2 Å². The van der Waals surface area contributed by atoms with Crippen LogP contribution in [0.3, 0.4) is 0 Å². The number of aryl methyl sites for hydroxylation is 2. The molecule has 1 atom stereocenters. The molecule has 0 radical (unpaired) electrons. The molecule has 0 fully saturated rings. The van der Waals surface area contributed by atoms with E-state index in [1.54, 1.807) is 4.90 Å². The molecule has 0 bridgehead atoms. The van der Waals surface area contributed by atoms with E-state index in [0.29, 0.717) is 19.0 Å². The SMILES string of the molecule is Cc1cc(C)n(-c2cccc(CN(C)C(=O)NC[C@H](C)CN(C)C)c2)n1. The fraction of sp³-hybridized carbons (Fsp3) is 0.500. The number of carbonyl (C=O) groups excluding carboxylic acids is 1. The monoisotopic (exact) mass is 357 g/mol. The first-order valence-corrected chi connectivity index (χ1v) is 9.02. The number of nitrogens with one attached hydrogen (secondary N) is 1. The Hall–Kier alpha value is -2.34. The lowest BCUT2D eigenvalue weighted by atomic mass is 10.1.